The van der Waals surface area contributed by atoms with Crippen molar-refractivity contribution in [1.82, 2.24) is 10.3 Å². The molecular formula is C17H18N2O. The highest BCUT2D eigenvalue weighted by Crippen LogP contribution is 2.36. The van der Waals surface area contributed by atoms with Crippen LogP contribution in [0.3, 0.4) is 0 Å². The summed E-state index contributed by atoms with van der Waals surface area (Å²) in [5.74, 6) is 0.122. The standard InChI is InChI=1S/C17H18N2O/c1-17(14-8-5-9-18-12-14)11-16(20)19-15(17)10-13-6-3-2-4-7-13/h2-9,12,15H,10-11H2,1H3,(H,19,20). The third kappa shape index (κ3) is 2.31. The predicted molar refractivity (Wildman–Crippen MR) is 78.3 cm³/mol. The topological polar surface area (TPSA) is 42.0 Å². The van der Waals surface area contributed by atoms with Gasteiger partial charge in [-0.25, -0.2) is 0 Å². The van der Waals surface area contributed by atoms with Gasteiger partial charge in [0, 0.05) is 30.3 Å². The molecule has 1 N–H and O–H groups in total. The number of benzene rings is 1. The maximum Gasteiger partial charge on any atom is 0.221 e. The molecule has 2 aromatic rings. The van der Waals surface area contributed by atoms with Crippen LogP contribution in [0, 0.1) is 0 Å². The maximum absolute atomic E-state index is 11.9. The third-order valence-corrected chi connectivity index (χ3v) is 4.24. The lowest BCUT2D eigenvalue weighted by atomic mass is 9.75. The number of carbonyl (C=O) groups is 1. The van der Waals surface area contributed by atoms with Gasteiger partial charge in [0.1, 0.15) is 0 Å². The molecule has 1 aliphatic rings. The number of nitrogens with zero attached hydrogens (tertiary/aromatic N) is 1. The summed E-state index contributed by atoms with van der Waals surface area (Å²) in [6.45, 7) is 2.15. The van der Waals surface area contributed by atoms with Gasteiger partial charge in [-0.3, -0.25) is 9.78 Å². The minimum absolute atomic E-state index is 0.113. The molecule has 0 spiro atoms. The van der Waals surface area contributed by atoms with Gasteiger partial charge in [-0.15, -0.1) is 0 Å². The van der Waals surface area contributed by atoms with Crippen LogP contribution in [-0.2, 0) is 16.6 Å². The van der Waals surface area contributed by atoms with E-state index in [1.165, 1.54) is 5.56 Å². The fourth-order valence-corrected chi connectivity index (χ4v) is 2.99. The number of nitrogens with one attached hydrogen (secondary N) is 1. The molecule has 0 bridgehead atoms. The molecule has 102 valence electrons. The average molecular weight is 266 g/mol. The number of carbonyl (C=O) groups excluding carboxylic acids is 1. The Balaban J connectivity index is 1.91. The summed E-state index contributed by atoms with van der Waals surface area (Å²) < 4.78 is 0. The van der Waals surface area contributed by atoms with E-state index in [4.69, 9.17) is 0 Å². The van der Waals surface area contributed by atoms with Crippen LogP contribution in [0.4, 0.5) is 0 Å². The van der Waals surface area contributed by atoms with E-state index in [1.54, 1.807) is 6.20 Å². The molecule has 1 saturated heterocycles. The Labute approximate surface area is 119 Å². The van der Waals surface area contributed by atoms with E-state index in [0.717, 1.165) is 12.0 Å². The molecule has 2 unspecified atom stereocenters. The lowest BCUT2D eigenvalue weighted by Gasteiger charge is -2.30. The second kappa shape index (κ2) is 5.08. The SMILES string of the molecule is CC1(c2cccnc2)CC(=O)NC1Cc1ccccc1. The Bertz CT molecular complexity index is 597. The molecule has 0 aliphatic carbocycles. The van der Waals surface area contributed by atoms with Gasteiger partial charge in [0.25, 0.3) is 0 Å². The number of aromatic nitrogens is 1. The van der Waals surface area contributed by atoms with Gasteiger partial charge in [0.05, 0.1) is 0 Å². The fourth-order valence-electron chi connectivity index (χ4n) is 2.99. The highest BCUT2D eigenvalue weighted by atomic mass is 16.2. The van der Waals surface area contributed by atoms with E-state index in [9.17, 15) is 4.79 Å². The highest BCUT2D eigenvalue weighted by Gasteiger charge is 2.44. The van der Waals surface area contributed by atoms with Crippen LogP contribution in [0.15, 0.2) is 54.9 Å². The summed E-state index contributed by atoms with van der Waals surface area (Å²) in [6.07, 6.45) is 5.01. The number of amides is 1. The fraction of sp³-hybridized carbons (Fsp3) is 0.294. The normalized spacial score (nSPS) is 25.4. The van der Waals surface area contributed by atoms with E-state index in [2.05, 4.69) is 35.4 Å². The lowest BCUT2D eigenvalue weighted by molar-refractivity contribution is -0.119. The second-order valence-electron chi connectivity index (χ2n) is 5.65. The summed E-state index contributed by atoms with van der Waals surface area (Å²) in [5.41, 5.74) is 2.18. The lowest BCUT2D eigenvalue weighted by Crippen LogP contribution is -2.40. The van der Waals surface area contributed by atoms with Crippen molar-refractivity contribution >= 4 is 5.91 Å². The van der Waals surface area contributed by atoms with Crippen LogP contribution < -0.4 is 5.32 Å². The van der Waals surface area contributed by atoms with Crippen LogP contribution in [0.25, 0.3) is 0 Å². The number of pyridine rings is 1. The molecular weight excluding hydrogens is 248 g/mol. The monoisotopic (exact) mass is 266 g/mol. The second-order valence-corrected chi connectivity index (χ2v) is 5.65. The van der Waals surface area contributed by atoms with E-state index in [-0.39, 0.29) is 17.4 Å². The number of rotatable bonds is 3. The van der Waals surface area contributed by atoms with Crippen LogP contribution in [0.1, 0.15) is 24.5 Å². The molecule has 0 radical (unpaired) electrons. The zero-order valence-electron chi connectivity index (χ0n) is 11.5. The molecule has 3 heteroatoms. The summed E-state index contributed by atoms with van der Waals surface area (Å²) in [4.78, 5) is 16.1. The molecule has 3 rings (SSSR count). The zero-order chi connectivity index (χ0) is 14.0. The van der Waals surface area contributed by atoms with Crippen molar-refractivity contribution in [2.75, 3.05) is 0 Å². The third-order valence-electron chi connectivity index (χ3n) is 4.24. The van der Waals surface area contributed by atoms with Crippen molar-refractivity contribution in [1.29, 1.82) is 0 Å². The van der Waals surface area contributed by atoms with Gasteiger partial charge < -0.3 is 5.32 Å². The Morgan fingerprint density at radius 2 is 2.05 bits per heavy atom. The minimum atomic E-state index is -0.193. The number of hydrogen-bond donors (Lipinski definition) is 1. The smallest absolute Gasteiger partial charge is 0.221 e. The average Bonchev–Trinajstić information content (AvgIpc) is 2.76. The van der Waals surface area contributed by atoms with Gasteiger partial charge in [-0.05, 0) is 23.6 Å². The summed E-state index contributed by atoms with van der Waals surface area (Å²) >= 11 is 0. The van der Waals surface area contributed by atoms with Crippen molar-refractivity contribution in [3.63, 3.8) is 0 Å². The molecule has 2 atom stereocenters. The van der Waals surface area contributed by atoms with Gasteiger partial charge in [-0.2, -0.15) is 0 Å². The zero-order valence-corrected chi connectivity index (χ0v) is 11.5. The van der Waals surface area contributed by atoms with Crippen molar-refractivity contribution in [2.45, 2.75) is 31.2 Å². The van der Waals surface area contributed by atoms with Crippen molar-refractivity contribution in [3.05, 3.63) is 66.0 Å². The van der Waals surface area contributed by atoms with Crippen molar-refractivity contribution < 1.29 is 4.79 Å². The minimum Gasteiger partial charge on any atom is -0.352 e. The molecule has 1 aliphatic heterocycles. The van der Waals surface area contributed by atoms with Crippen LogP contribution in [0.5, 0.6) is 0 Å². The Hall–Kier alpha value is -2.16. The van der Waals surface area contributed by atoms with Crippen molar-refractivity contribution in [3.8, 4) is 0 Å². The van der Waals surface area contributed by atoms with Crippen LogP contribution in [-0.4, -0.2) is 16.9 Å². The van der Waals surface area contributed by atoms with Gasteiger partial charge in [0.2, 0.25) is 5.91 Å². The Morgan fingerprint density at radius 3 is 2.75 bits per heavy atom. The highest BCUT2D eigenvalue weighted by molar-refractivity contribution is 5.81. The van der Waals surface area contributed by atoms with Crippen molar-refractivity contribution in [2.24, 2.45) is 0 Å². The molecule has 1 fully saturated rings. The summed E-state index contributed by atoms with van der Waals surface area (Å²) in [7, 11) is 0. The molecule has 2 heterocycles. The first-order valence-electron chi connectivity index (χ1n) is 6.92. The van der Waals surface area contributed by atoms with E-state index >= 15 is 0 Å². The largest absolute Gasteiger partial charge is 0.352 e. The molecule has 3 nitrogen and oxygen atoms in total. The van der Waals surface area contributed by atoms with Gasteiger partial charge in [0.15, 0.2) is 0 Å². The molecule has 1 aromatic heterocycles. The first-order chi connectivity index (χ1) is 9.68. The van der Waals surface area contributed by atoms with E-state index < -0.39 is 0 Å². The van der Waals surface area contributed by atoms with Crippen LogP contribution in [0.2, 0.25) is 0 Å². The summed E-state index contributed by atoms with van der Waals surface area (Å²) in [5, 5.41) is 3.12. The Kier molecular flexibility index (Phi) is 3.26. The van der Waals surface area contributed by atoms with Crippen LogP contribution >= 0.6 is 0 Å². The number of hydrogen-bond acceptors (Lipinski definition) is 2. The predicted octanol–water partition coefficient (Wildman–Crippen LogP) is 2.47. The van der Waals surface area contributed by atoms with E-state index in [0.29, 0.717) is 6.42 Å². The maximum atomic E-state index is 11.9. The molecule has 1 aromatic carbocycles. The quantitative estimate of drug-likeness (QED) is 0.927. The molecule has 0 saturated carbocycles. The molecule has 20 heavy (non-hydrogen) atoms. The first kappa shape index (κ1) is 12.9. The first-order valence-corrected chi connectivity index (χ1v) is 6.92. The van der Waals surface area contributed by atoms with E-state index in [1.807, 2.05) is 30.5 Å². The van der Waals surface area contributed by atoms with Gasteiger partial charge >= 0.3 is 0 Å². The molecule has 1 amide bonds. The summed E-state index contributed by atoms with van der Waals surface area (Å²) in [6, 6.07) is 14.4. The van der Waals surface area contributed by atoms with Gasteiger partial charge in [-0.1, -0.05) is 43.3 Å². The Morgan fingerprint density at radius 1 is 1.25 bits per heavy atom.